The number of hydrogen-bond acceptors (Lipinski definition) is 4. The van der Waals surface area contributed by atoms with Gasteiger partial charge in [0.2, 0.25) is 11.9 Å². The minimum atomic E-state index is -0.568. The smallest absolute Gasteiger partial charge is 0.255 e. The van der Waals surface area contributed by atoms with E-state index in [9.17, 15) is 9.59 Å². The molecule has 1 aliphatic heterocycles. The van der Waals surface area contributed by atoms with Gasteiger partial charge < -0.3 is 4.90 Å². The first-order valence-electron chi connectivity index (χ1n) is 7.96. The van der Waals surface area contributed by atoms with Crippen LogP contribution in [0.2, 0.25) is 0 Å². The van der Waals surface area contributed by atoms with Crippen molar-refractivity contribution in [2.24, 2.45) is 13.0 Å². The number of carbonyl (C=O) groups is 2. The number of hydrogen-bond donors (Lipinski definition) is 1. The fourth-order valence-corrected chi connectivity index (χ4v) is 3.11. The van der Waals surface area contributed by atoms with E-state index in [-0.39, 0.29) is 17.7 Å². The number of aromatic nitrogens is 3. The molecule has 1 aromatic heterocycles. The van der Waals surface area contributed by atoms with Gasteiger partial charge in [-0.3, -0.25) is 14.9 Å². The van der Waals surface area contributed by atoms with Crippen LogP contribution in [0.4, 0.5) is 5.95 Å². The van der Waals surface area contributed by atoms with Gasteiger partial charge in [-0.1, -0.05) is 32.0 Å². The second-order valence-corrected chi connectivity index (χ2v) is 6.37. The molecule has 0 fully saturated rings. The third-order valence-electron chi connectivity index (χ3n) is 4.19. The predicted octanol–water partition coefficient (Wildman–Crippen LogP) is 1.74. The van der Waals surface area contributed by atoms with Crippen molar-refractivity contribution in [3.05, 3.63) is 41.2 Å². The lowest BCUT2D eigenvalue weighted by Crippen LogP contribution is -2.47. The second kappa shape index (κ2) is 6.07. The maximum absolute atomic E-state index is 12.8. The number of anilines is 1. The summed E-state index contributed by atoms with van der Waals surface area (Å²) in [4.78, 5) is 31.3. The van der Waals surface area contributed by atoms with Crippen molar-refractivity contribution in [3.8, 4) is 0 Å². The third-order valence-corrected chi connectivity index (χ3v) is 4.19. The lowest BCUT2D eigenvalue weighted by molar-refractivity contribution is -0.122. The number of rotatable bonds is 4. The van der Waals surface area contributed by atoms with Crippen molar-refractivity contribution >= 4 is 17.8 Å². The first-order chi connectivity index (χ1) is 11.4. The molecule has 2 heterocycles. The van der Waals surface area contributed by atoms with Crippen LogP contribution in [0.25, 0.3) is 0 Å². The quantitative estimate of drug-likeness (QED) is 0.927. The van der Waals surface area contributed by atoms with Crippen molar-refractivity contribution in [1.82, 2.24) is 19.7 Å². The summed E-state index contributed by atoms with van der Waals surface area (Å²) in [7, 11) is 1.72. The number of carbonyl (C=O) groups excluding carboxylic acids is 2. The minimum absolute atomic E-state index is 0.0300. The van der Waals surface area contributed by atoms with Gasteiger partial charge in [0.05, 0.1) is 0 Å². The summed E-state index contributed by atoms with van der Waals surface area (Å²) in [6.07, 6.45) is 0. The van der Waals surface area contributed by atoms with E-state index in [1.54, 1.807) is 24.9 Å². The highest BCUT2D eigenvalue weighted by atomic mass is 16.2. The van der Waals surface area contributed by atoms with Gasteiger partial charge in [-0.25, -0.2) is 4.68 Å². The zero-order chi connectivity index (χ0) is 17.4. The van der Waals surface area contributed by atoms with Crippen LogP contribution >= 0.6 is 0 Å². The Labute approximate surface area is 140 Å². The summed E-state index contributed by atoms with van der Waals surface area (Å²) in [6.45, 7) is 6.07. The van der Waals surface area contributed by atoms with Crippen LogP contribution in [0, 0.1) is 12.8 Å². The van der Waals surface area contributed by atoms with Crippen LogP contribution in [0.3, 0.4) is 0 Å². The number of nitrogens with zero attached hydrogens (tertiary/aromatic N) is 4. The predicted molar refractivity (Wildman–Crippen MR) is 89.3 cm³/mol. The molecule has 126 valence electrons. The van der Waals surface area contributed by atoms with Crippen molar-refractivity contribution in [2.75, 3.05) is 5.32 Å². The zero-order valence-corrected chi connectivity index (χ0v) is 14.3. The van der Waals surface area contributed by atoms with Crippen LogP contribution in [-0.4, -0.2) is 37.5 Å². The average Bonchev–Trinajstić information content (AvgIpc) is 3.00. The summed E-state index contributed by atoms with van der Waals surface area (Å²) in [5.74, 6) is 0.582. The van der Waals surface area contributed by atoms with Gasteiger partial charge in [-0.15, -0.1) is 0 Å². The Morgan fingerprint density at radius 3 is 2.58 bits per heavy atom. The topological polar surface area (TPSA) is 80.1 Å². The maximum atomic E-state index is 12.8. The highest BCUT2D eigenvalue weighted by Gasteiger charge is 2.38. The molecule has 1 atom stereocenters. The Morgan fingerprint density at radius 1 is 1.29 bits per heavy atom. The molecule has 0 spiro atoms. The molecule has 0 radical (unpaired) electrons. The molecular formula is C17H21N5O2. The molecule has 24 heavy (non-hydrogen) atoms. The van der Waals surface area contributed by atoms with E-state index in [1.165, 1.54) is 4.68 Å². The largest absolute Gasteiger partial charge is 0.322 e. The fraction of sp³-hybridized carbons (Fsp3) is 0.412. The summed E-state index contributed by atoms with van der Waals surface area (Å²) in [5, 5.41) is 6.92. The number of amides is 2. The molecule has 0 saturated heterocycles. The van der Waals surface area contributed by atoms with Crippen molar-refractivity contribution < 1.29 is 9.59 Å². The monoisotopic (exact) mass is 327 g/mol. The lowest BCUT2D eigenvalue weighted by atomic mass is 10.0. The van der Waals surface area contributed by atoms with Gasteiger partial charge in [0.1, 0.15) is 11.9 Å². The average molecular weight is 327 g/mol. The molecule has 0 bridgehead atoms. The molecule has 0 aliphatic carbocycles. The van der Waals surface area contributed by atoms with Crippen LogP contribution < -0.4 is 5.32 Å². The van der Waals surface area contributed by atoms with Crippen molar-refractivity contribution in [2.45, 2.75) is 33.4 Å². The van der Waals surface area contributed by atoms with Crippen molar-refractivity contribution in [1.29, 1.82) is 0 Å². The van der Waals surface area contributed by atoms with Crippen LogP contribution in [-0.2, 0) is 18.4 Å². The van der Waals surface area contributed by atoms with E-state index >= 15 is 0 Å². The van der Waals surface area contributed by atoms with Crippen LogP contribution in [0.15, 0.2) is 24.3 Å². The summed E-state index contributed by atoms with van der Waals surface area (Å²) in [6, 6.07) is 6.91. The number of nitrogens with one attached hydrogen (secondary N) is 1. The fourth-order valence-electron chi connectivity index (χ4n) is 3.11. The standard InChI is InChI=1S/C17H21N5O2/c1-10(2)14(15(23)19-17-18-11(3)20-21(17)4)22-9-12-7-5-6-8-13(12)16(22)24/h5-8,10,14H,9H2,1-4H3,(H,18,19,20,23)/t14-/m1/s1. The molecule has 0 unspecified atom stereocenters. The first-order valence-corrected chi connectivity index (χ1v) is 7.96. The van der Waals surface area contributed by atoms with Gasteiger partial charge in [0.15, 0.2) is 0 Å². The van der Waals surface area contributed by atoms with Gasteiger partial charge in [0.25, 0.3) is 5.91 Å². The molecule has 2 aromatic rings. The van der Waals surface area contributed by atoms with Gasteiger partial charge in [-0.2, -0.15) is 10.1 Å². The SMILES string of the molecule is Cc1nc(NC(=O)[C@@H](C(C)C)N2Cc3ccccc3C2=O)n(C)n1. The van der Waals surface area contributed by atoms with E-state index in [0.29, 0.717) is 23.9 Å². The lowest BCUT2D eigenvalue weighted by Gasteiger charge is -2.29. The Hall–Kier alpha value is -2.70. The molecule has 1 N–H and O–H groups in total. The molecule has 1 aromatic carbocycles. The Balaban J connectivity index is 1.85. The van der Waals surface area contributed by atoms with Crippen molar-refractivity contribution in [3.63, 3.8) is 0 Å². The molecule has 7 heteroatoms. The zero-order valence-electron chi connectivity index (χ0n) is 14.3. The minimum Gasteiger partial charge on any atom is -0.322 e. The Morgan fingerprint density at radius 2 is 2.00 bits per heavy atom. The van der Waals surface area contributed by atoms with E-state index in [4.69, 9.17) is 0 Å². The van der Waals surface area contributed by atoms with E-state index < -0.39 is 6.04 Å². The summed E-state index contributed by atoms with van der Waals surface area (Å²) in [5.41, 5.74) is 1.63. The van der Waals surface area contributed by atoms with Crippen LogP contribution in [0.5, 0.6) is 0 Å². The van der Waals surface area contributed by atoms with E-state index in [2.05, 4.69) is 15.4 Å². The highest BCUT2D eigenvalue weighted by Crippen LogP contribution is 2.27. The normalized spacial score (nSPS) is 14.9. The third kappa shape index (κ3) is 2.77. The number of fused-ring (bicyclic) bond motifs is 1. The van der Waals surface area contributed by atoms with Crippen LogP contribution in [0.1, 0.15) is 35.6 Å². The molecule has 7 nitrogen and oxygen atoms in total. The molecule has 1 aliphatic rings. The van der Waals surface area contributed by atoms with Gasteiger partial charge in [-0.05, 0) is 24.5 Å². The summed E-state index contributed by atoms with van der Waals surface area (Å²) >= 11 is 0. The van der Waals surface area contributed by atoms with E-state index in [1.807, 2.05) is 32.0 Å². The molecule has 0 saturated carbocycles. The Bertz CT molecular complexity index is 796. The first kappa shape index (κ1) is 16.2. The number of aryl methyl sites for hydroxylation is 2. The Kier molecular flexibility index (Phi) is 4.09. The number of benzene rings is 1. The molecule has 2 amide bonds. The van der Waals surface area contributed by atoms with Gasteiger partial charge in [0, 0.05) is 19.2 Å². The summed E-state index contributed by atoms with van der Waals surface area (Å²) < 4.78 is 1.52. The maximum Gasteiger partial charge on any atom is 0.255 e. The highest BCUT2D eigenvalue weighted by molar-refractivity contribution is 6.03. The second-order valence-electron chi connectivity index (χ2n) is 6.37. The molecular weight excluding hydrogens is 306 g/mol. The van der Waals surface area contributed by atoms with E-state index in [0.717, 1.165) is 5.56 Å². The van der Waals surface area contributed by atoms with Gasteiger partial charge >= 0.3 is 0 Å². The molecule has 3 rings (SSSR count).